The summed E-state index contributed by atoms with van der Waals surface area (Å²) < 4.78 is 10.6. The van der Waals surface area contributed by atoms with E-state index in [2.05, 4.69) is 12.1 Å². The van der Waals surface area contributed by atoms with Gasteiger partial charge in [-0.2, -0.15) is 0 Å². The maximum atomic E-state index is 5.83. The van der Waals surface area contributed by atoms with Crippen molar-refractivity contribution in [1.82, 2.24) is 5.01 Å². The Kier molecular flexibility index (Phi) is 3.31. The van der Waals surface area contributed by atoms with Crippen molar-refractivity contribution in [2.45, 2.75) is 12.8 Å². The average molecular weight is 222 g/mol. The first-order valence-electron chi connectivity index (χ1n) is 5.48. The third-order valence-corrected chi connectivity index (χ3v) is 3.04. The van der Waals surface area contributed by atoms with Crippen molar-refractivity contribution in [2.75, 3.05) is 27.3 Å². The smallest absolute Gasteiger partial charge is 0.161 e. The molecule has 1 aromatic carbocycles. The molecule has 16 heavy (non-hydrogen) atoms. The summed E-state index contributed by atoms with van der Waals surface area (Å²) in [6.07, 6.45) is 1.93. The molecule has 1 aliphatic heterocycles. The molecule has 0 aromatic heterocycles. The lowest BCUT2D eigenvalue weighted by atomic mass is 10.0. The van der Waals surface area contributed by atoms with Crippen LogP contribution in [0.3, 0.4) is 0 Å². The summed E-state index contributed by atoms with van der Waals surface area (Å²) in [5, 5.41) is 1.86. The van der Waals surface area contributed by atoms with Gasteiger partial charge in [-0.15, -0.1) is 0 Å². The van der Waals surface area contributed by atoms with Crippen LogP contribution in [0.5, 0.6) is 11.5 Å². The van der Waals surface area contributed by atoms with Gasteiger partial charge < -0.3 is 9.47 Å². The van der Waals surface area contributed by atoms with Crippen LogP contribution in [0.25, 0.3) is 0 Å². The molecule has 0 fully saturated rings. The lowest BCUT2D eigenvalue weighted by Crippen LogP contribution is -2.33. The van der Waals surface area contributed by atoms with Crippen LogP contribution in [0.4, 0.5) is 0 Å². The molecule has 88 valence electrons. The minimum absolute atomic E-state index is 0.798. The highest BCUT2D eigenvalue weighted by molar-refractivity contribution is 5.48. The number of hydrogen-bond donors (Lipinski definition) is 1. The Balaban J connectivity index is 2.37. The summed E-state index contributed by atoms with van der Waals surface area (Å²) in [7, 11) is 3.33. The lowest BCUT2D eigenvalue weighted by Gasteiger charge is -2.12. The number of nitrogens with zero attached hydrogens (tertiary/aromatic N) is 1. The normalized spacial score (nSPS) is 16.4. The summed E-state index contributed by atoms with van der Waals surface area (Å²) in [6.45, 7) is 1.78. The van der Waals surface area contributed by atoms with E-state index in [1.165, 1.54) is 11.1 Å². The van der Waals surface area contributed by atoms with Crippen LogP contribution < -0.4 is 15.3 Å². The molecule has 0 bridgehead atoms. The molecule has 0 atom stereocenters. The Labute approximate surface area is 95.9 Å². The molecule has 0 amide bonds. The van der Waals surface area contributed by atoms with Crippen molar-refractivity contribution in [3.05, 3.63) is 23.3 Å². The van der Waals surface area contributed by atoms with Gasteiger partial charge in [-0.25, -0.2) is 5.01 Å². The fourth-order valence-corrected chi connectivity index (χ4v) is 2.07. The largest absolute Gasteiger partial charge is 0.493 e. The van der Waals surface area contributed by atoms with Crippen LogP contribution in [0.15, 0.2) is 12.1 Å². The van der Waals surface area contributed by atoms with E-state index in [9.17, 15) is 0 Å². The second-order valence-corrected chi connectivity index (χ2v) is 4.01. The van der Waals surface area contributed by atoms with Crippen molar-refractivity contribution in [2.24, 2.45) is 5.84 Å². The molecule has 1 aromatic rings. The molecular formula is C12H18N2O2. The number of methoxy groups -OCH3 is 2. The number of ether oxygens (including phenoxy) is 2. The summed E-state index contributed by atoms with van der Waals surface area (Å²) >= 11 is 0. The van der Waals surface area contributed by atoms with Gasteiger partial charge in [-0.3, -0.25) is 5.84 Å². The Morgan fingerprint density at radius 3 is 1.81 bits per heavy atom. The van der Waals surface area contributed by atoms with E-state index in [1.807, 2.05) is 5.01 Å². The van der Waals surface area contributed by atoms with E-state index in [0.717, 1.165) is 37.4 Å². The van der Waals surface area contributed by atoms with Gasteiger partial charge in [-0.1, -0.05) is 0 Å². The van der Waals surface area contributed by atoms with Crippen molar-refractivity contribution >= 4 is 0 Å². The second-order valence-electron chi connectivity index (χ2n) is 4.01. The number of hydrogen-bond acceptors (Lipinski definition) is 4. The second kappa shape index (κ2) is 4.72. The molecule has 1 heterocycles. The first-order chi connectivity index (χ1) is 7.74. The first kappa shape index (κ1) is 11.2. The molecule has 0 spiro atoms. The number of nitrogens with two attached hydrogens (primary N) is 1. The van der Waals surface area contributed by atoms with Gasteiger partial charge in [0.15, 0.2) is 11.5 Å². The molecule has 2 rings (SSSR count). The standard InChI is InChI=1S/C12H18N2O2/c1-15-11-7-9-3-5-14(13)6-4-10(9)8-12(11)16-2/h7-8H,3-6,13H2,1-2H3. The van der Waals surface area contributed by atoms with Crippen LogP contribution in [0.2, 0.25) is 0 Å². The molecular weight excluding hydrogens is 204 g/mol. The summed E-state index contributed by atoms with van der Waals surface area (Å²) in [4.78, 5) is 0. The molecule has 0 unspecified atom stereocenters. The van der Waals surface area contributed by atoms with Crippen LogP contribution in [-0.4, -0.2) is 32.3 Å². The summed E-state index contributed by atoms with van der Waals surface area (Å²) in [5.74, 6) is 7.42. The predicted octanol–water partition coefficient (Wildman–Crippen LogP) is 0.978. The zero-order chi connectivity index (χ0) is 11.5. The molecule has 0 saturated heterocycles. The Bertz CT molecular complexity index is 345. The molecule has 4 heteroatoms. The number of fused-ring (bicyclic) bond motifs is 1. The van der Waals surface area contributed by atoms with Gasteiger partial charge >= 0.3 is 0 Å². The van der Waals surface area contributed by atoms with E-state index in [0.29, 0.717) is 0 Å². The Morgan fingerprint density at radius 2 is 1.44 bits per heavy atom. The predicted molar refractivity (Wildman–Crippen MR) is 62.7 cm³/mol. The van der Waals surface area contributed by atoms with Crippen LogP contribution in [0, 0.1) is 0 Å². The topological polar surface area (TPSA) is 47.7 Å². The Morgan fingerprint density at radius 1 is 1.00 bits per heavy atom. The van der Waals surface area contributed by atoms with Gasteiger partial charge in [0.25, 0.3) is 0 Å². The lowest BCUT2D eigenvalue weighted by molar-refractivity contribution is 0.298. The highest BCUT2D eigenvalue weighted by Crippen LogP contribution is 2.31. The van der Waals surface area contributed by atoms with E-state index < -0.39 is 0 Å². The van der Waals surface area contributed by atoms with Crippen molar-refractivity contribution in [1.29, 1.82) is 0 Å². The van der Waals surface area contributed by atoms with E-state index in [4.69, 9.17) is 15.3 Å². The molecule has 0 radical (unpaired) electrons. The van der Waals surface area contributed by atoms with Gasteiger partial charge in [0, 0.05) is 13.1 Å². The van der Waals surface area contributed by atoms with Crippen LogP contribution in [0.1, 0.15) is 11.1 Å². The SMILES string of the molecule is COc1cc2c(cc1OC)CCN(N)CC2. The van der Waals surface area contributed by atoms with Crippen LogP contribution in [-0.2, 0) is 12.8 Å². The highest BCUT2D eigenvalue weighted by Gasteiger charge is 2.15. The van der Waals surface area contributed by atoms with Gasteiger partial charge in [0.2, 0.25) is 0 Å². The summed E-state index contributed by atoms with van der Waals surface area (Å²) in [5.41, 5.74) is 2.62. The molecule has 1 aliphatic rings. The number of benzene rings is 1. The van der Waals surface area contributed by atoms with E-state index in [1.54, 1.807) is 14.2 Å². The quantitative estimate of drug-likeness (QED) is 0.758. The van der Waals surface area contributed by atoms with Gasteiger partial charge in [-0.05, 0) is 36.1 Å². The fourth-order valence-electron chi connectivity index (χ4n) is 2.07. The molecule has 2 N–H and O–H groups in total. The zero-order valence-electron chi connectivity index (χ0n) is 9.82. The Hall–Kier alpha value is -1.26. The maximum absolute atomic E-state index is 5.83. The molecule has 4 nitrogen and oxygen atoms in total. The third kappa shape index (κ3) is 2.13. The van der Waals surface area contributed by atoms with Crippen molar-refractivity contribution in [3.63, 3.8) is 0 Å². The van der Waals surface area contributed by atoms with Gasteiger partial charge in [0.05, 0.1) is 14.2 Å². The first-order valence-corrected chi connectivity index (χ1v) is 5.48. The van der Waals surface area contributed by atoms with E-state index in [-0.39, 0.29) is 0 Å². The minimum atomic E-state index is 0.798. The maximum Gasteiger partial charge on any atom is 0.161 e. The number of rotatable bonds is 2. The van der Waals surface area contributed by atoms with Crippen molar-refractivity contribution < 1.29 is 9.47 Å². The molecule has 0 aliphatic carbocycles. The van der Waals surface area contributed by atoms with Gasteiger partial charge in [0.1, 0.15) is 0 Å². The zero-order valence-corrected chi connectivity index (χ0v) is 9.82. The van der Waals surface area contributed by atoms with Crippen LogP contribution >= 0.6 is 0 Å². The fraction of sp³-hybridized carbons (Fsp3) is 0.500. The summed E-state index contributed by atoms with van der Waals surface area (Å²) in [6, 6.07) is 4.13. The monoisotopic (exact) mass is 222 g/mol. The minimum Gasteiger partial charge on any atom is -0.493 e. The molecule has 0 saturated carbocycles. The van der Waals surface area contributed by atoms with Crippen molar-refractivity contribution in [3.8, 4) is 11.5 Å². The average Bonchev–Trinajstić information content (AvgIpc) is 2.50. The van der Waals surface area contributed by atoms with E-state index >= 15 is 0 Å². The highest BCUT2D eigenvalue weighted by atomic mass is 16.5. The number of hydrazine groups is 1. The third-order valence-electron chi connectivity index (χ3n) is 3.04.